The van der Waals surface area contributed by atoms with Crippen molar-refractivity contribution in [2.75, 3.05) is 32.7 Å². The SMILES string of the molecule is c1c(CCN2CCNCC2)sc2c1CCC2. The van der Waals surface area contributed by atoms with Crippen LogP contribution in [0.4, 0.5) is 0 Å². The van der Waals surface area contributed by atoms with Crippen LogP contribution in [0.1, 0.15) is 21.7 Å². The summed E-state index contributed by atoms with van der Waals surface area (Å²) in [7, 11) is 0. The second kappa shape index (κ2) is 4.86. The van der Waals surface area contributed by atoms with E-state index in [1.807, 2.05) is 0 Å². The molecule has 16 heavy (non-hydrogen) atoms. The molecule has 0 bridgehead atoms. The average Bonchev–Trinajstić information content (AvgIpc) is 2.88. The van der Waals surface area contributed by atoms with Gasteiger partial charge in [-0.05, 0) is 37.3 Å². The predicted molar refractivity (Wildman–Crippen MR) is 69.4 cm³/mol. The average molecular weight is 236 g/mol. The Hall–Kier alpha value is -0.380. The van der Waals surface area contributed by atoms with Crippen molar-refractivity contribution in [2.24, 2.45) is 0 Å². The van der Waals surface area contributed by atoms with Gasteiger partial charge < -0.3 is 10.2 Å². The summed E-state index contributed by atoms with van der Waals surface area (Å²) in [6.07, 6.45) is 5.32. The van der Waals surface area contributed by atoms with Gasteiger partial charge in [-0.3, -0.25) is 0 Å². The standard InChI is InChI=1S/C13H20N2S/c1-2-11-10-12(16-13(11)3-1)4-7-15-8-5-14-6-9-15/h10,14H,1-9H2. The molecule has 2 heterocycles. The third kappa shape index (κ3) is 2.31. The Morgan fingerprint density at radius 3 is 2.94 bits per heavy atom. The van der Waals surface area contributed by atoms with Crippen LogP contribution < -0.4 is 5.32 Å². The van der Waals surface area contributed by atoms with Crippen LogP contribution in [0.2, 0.25) is 0 Å². The quantitative estimate of drug-likeness (QED) is 0.859. The van der Waals surface area contributed by atoms with Gasteiger partial charge in [0.05, 0.1) is 0 Å². The van der Waals surface area contributed by atoms with E-state index in [1.54, 1.807) is 15.3 Å². The molecule has 1 N–H and O–H groups in total. The number of hydrogen-bond donors (Lipinski definition) is 1. The Labute approximate surface area is 102 Å². The fourth-order valence-electron chi connectivity index (χ4n) is 2.72. The van der Waals surface area contributed by atoms with Crippen LogP contribution in [0.15, 0.2) is 6.07 Å². The van der Waals surface area contributed by atoms with E-state index in [2.05, 4.69) is 27.6 Å². The Balaban J connectivity index is 1.53. The van der Waals surface area contributed by atoms with E-state index in [-0.39, 0.29) is 0 Å². The normalized spacial score (nSPS) is 21.2. The third-order valence-electron chi connectivity index (χ3n) is 3.68. The van der Waals surface area contributed by atoms with Crippen molar-refractivity contribution in [3.05, 3.63) is 21.4 Å². The van der Waals surface area contributed by atoms with Gasteiger partial charge in [0.2, 0.25) is 0 Å². The molecule has 0 aromatic carbocycles. The molecule has 0 radical (unpaired) electrons. The molecule has 1 aliphatic carbocycles. The van der Waals surface area contributed by atoms with Crippen molar-refractivity contribution < 1.29 is 0 Å². The molecular weight excluding hydrogens is 216 g/mol. The highest BCUT2D eigenvalue weighted by molar-refractivity contribution is 7.12. The van der Waals surface area contributed by atoms with Gasteiger partial charge in [0.25, 0.3) is 0 Å². The number of piperazine rings is 1. The van der Waals surface area contributed by atoms with Gasteiger partial charge >= 0.3 is 0 Å². The van der Waals surface area contributed by atoms with E-state index in [4.69, 9.17) is 0 Å². The molecule has 0 atom stereocenters. The van der Waals surface area contributed by atoms with Gasteiger partial charge in [0.15, 0.2) is 0 Å². The molecule has 88 valence electrons. The van der Waals surface area contributed by atoms with Crippen molar-refractivity contribution in [2.45, 2.75) is 25.7 Å². The maximum atomic E-state index is 3.41. The minimum absolute atomic E-state index is 1.17. The summed E-state index contributed by atoms with van der Waals surface area (Å²) < 4.78 is 0. The van der Waals surface area contributed by atoms with Gasteiger partial charge in [-0.2, -0.15) is 0 Å². The smallest absolute Gasteiger partial charge is 0.0108 e. The van der Waals surface area contributed by atoms with E-state index in [1.165, 1.54) is 58.4 Å². The molecule has 0 unspecified atom stereocenters. The highest BCUT2D eigenvalue weighted by Crippen LogP contribution is 2.30. The lowest BCUT2D eigenvalue weighted by atomic mass is 10.2. The van der Waals surface area contributed by atoms with Crippen LogP contribution in [0.25, 0.3) is 0 Å². The number of hydrogen-bond acceptors (Lipinski definition) is 3. The summed E-state index contributed by atoms with van der Waals surface area (Å²) in [5.74, 6) is 0. The summed E-state index contributed by atoms with van der Waals surface area (Å²) in [6, 6.07) is 2.47. The number of thiophene rings is 1. The molecule has 1 aromatic rings. The number of nitrogens with zero attached hydrogens (tertiary/aromatic N) is 1. The highest BCUT2D eigenvalue weighted by Gasteiger charge is 2.15. The largest absolute Gasteiger partial charge is 0.314 e. The molecule has 2 nitrogen and oxygen atoms in total. The van der Waals surface area contributed by atoms with Gasteiger partial charge in [-0.25, -0.2) is 0 Å². The fraction of sp³-hybridized carbons (Fsp3) is 0.692. The Bertz CT molecular complexity index is 331. The maximum absolute atomic E-state index is 3.41. The number of fused-ring (bicyclic) bond motifs is 1. The van der Waals surface area contributed by atoms with E-state index in [0.717, 1.165) is 0 Å². The zero-order valence-corrected chi connectivity index (χ0v) is 10.6. The second-order valence-electron chi connectivity index (χ2n) is 4.86. The molecule has 0 saturated carbocycles. The van der Waals surface area contributed by atoms with E-state index >= 15 is 0 Å². The third-order valence-corrected chi connectivity index (χ3v) is 4.98. The molecule has 3 rings (SSSR count). The van der Waals surface area contributed by atoms with Crippen LogP contribution in [-0.2, 0) is 19.3 Å². The molecule has 0 amide bonds. The molecule has 3 heteroatoms. The molecular formula is C13H20N2S. The number of rotatable bonds is 3. The van der Waals surface area contributed by atoms with Crippen LogP contribution in [-0.4, -0.2) is 37.6 Å². The lowest BCUT2D eigenvalue weighted by Gasteiger charge is -2.26. The maximum Gasteiger partial charge on any atom is 0.0108 e. The lowest BCUT2D eigenvalue weighted by Crippen LogP contribution is -2.44. The topological polar surface area (TPSA) is 15.3 Å². The van der Waals surface area contributed by atoms with Crippen LogP contribution in [0.3, 0.4) is 0 Å². The number of nitrogens with one attached hydrogen (secondary N) is 1. The summed E-state index contributed by atoms with van der Waals surface area (Å²) in [6.45, 7) is 6.04. The van der Waals surface area contributed by atoms with Crippen LogP contribution in [0.5, 0.6) is 0 Å². The first-order valence-corrected chi connectivity index (χ1v) is 7.27. The van der Waals surface area contributed by atoms with Crippen molar-refractivity contribution in [1.29, 1.82) is 0 Å². The summed E-state index contributed by atoms with van der Waals surface area (Å²) >= 11 is 2.07. The summed E-state index contributed by atoms with van der Waals surface area (Å²) in [5, 5.41) is 3.41. The van der Waals surface area contributed by atoms with E-state index in [0.29, 0.717) is 0 Å². The van der Waals surface area contributed by atoms with Gasteiger partial charge in [0.1, 0.15) is 0 Å². The summed E-state index contributed by atoms with van der Waals surface area (Å²) in [4.78, 5) is 5.87. The van der Waals surface area contributed by atoms with Gasteiger partial charge in [0, 0.05) is 42.5 Å². The van der Waals surface area contributed by atoms with E-state index < -0.39 is 0 Å². The lowest BCUT2D eigenvalue weighted by molar-refractivity contribution is 0.244. The minimum Gasteiger partial charge on any atom is -0.314 e. The van der Waals surface area contributed by atoms with Gasteiger partial charge in [-0.1, -0.05) is 0 Å². The number of aryl methyl sites for hydroxylation is 2. The van der Waals surface area contributed by atoms with Crippen molar-refractivity contribution in [3.8, 4) is 0 Å². The zero-order valence-electron chi connectivity index (χ0n) is 9.80. The zero-order chi connectivity index (χ0) is 10.8. The first kappa shape index (κ1) is 10.8. The van der Waals surface area contributed by atoms with Crippen molar-refractivity contribution in [1.82, 2.24) is 10.2 Å². The van der Waals surface area contributed by atoms with E-state index in [9.17, 15) is 0 Å². The Morgan fingerprint density at radius 1 is 1.25 bits per heavy atom. The molecule has 1 fully saturated rings. The molecule has 1 saturated heterocycles. The predicted octanol–water partition coefficient (Wildman–Crippen LogP) is 1.68. The second-order valence-corrected chi connectivity index (χ2v) is 6.08. The molecule has 0 spiro atoms. The fourth-order valence-corrected chi connectivity index (χ4v) is 3.97. The monoisotopic (exact) mass is 236 g/mol. The first-order valence-electron chi connectivity index (χ1n) is 6.45. The van der Waals surface area contributed by atoms with Crippen molar-refractivity contribution >= 4 is 11.3 Å². The molecule has 1 aromatic heterocycles. The van der Waals surface area contributed by atoms with Crippen LogP contribution in [0, 0.1) is 0 Å². The Morgan fingerprint density at radius 2 is 2.12 bits per heavy atom. The molecule has 1 aliphatic heterocycles. The van der Waals surface area contributed by atoms with Crippen LogP contribution >= 0.6 is 11.3 Å². The molecule has 2 aliphatic rings. The highest BCUT2D eigenvalue weighted by atomic mass is 32.1. The Kier molecular flexibility index (Phi) is 3.27. The minimum atomic E-state index is 1.17. The summed E-state index contributed by atoms with van der Waals surface area (Å²) in [5.41, 5.74) is 1.65. The van der Waals surface area contributed by atoms with Gasteiger partial charge in [-0.15, -0.1) is 11.3 Å². The first-order chi connectivity index (χ1) is 7.92. The van der Waals surface area contributed by atoms with Crippen molar-refractivity contribution in [3.63, 3.8) is 0 Å².